The van der Waals surface area contributed by atoms with Gasteiger partial charge < -0.3 is 14.4 Å². The Morgan fingerprint density at radius 3 is 2.70 bits per heavy atom. The number of nitrogens with zero attached hydrogens (tertiary/aromatic N) is 4. The van der Waals surface area contributed by atoms with Crippen LogP contribution in [0, 0.1) is 0 Å². The van der Waals surface area contributed by atoms with Gasteiger partial charge in [0.15, 0.2) is 17.2 Å². The Hall–Kier alpha value is -3.35. The first-order valence-electron chi connectivity index (χ1n) is 10.1. The fourth-order valence-electron chi connectivity index (χ4n) is 3.99. The van der Waals surface area contributed by atoms with Crippen molar-refractivity contribution in [1.29, 1.82) is 0 Å². The molecule has 1 saturated heterocycles. The second-order valence-corrected chi connectivity index (χ2v) is 7.42. The highest BCUT2D eigenvalue weighted by atomic mass is 16.5. The molecule has 0 bridgehead atoms. The number of methoxy groups -OCH3 is 2. The molecule has 0 unspecified atom stereocenters. The topological polar surface area (TPSA) is 69.5 Å². The van der Waals surface area contributed by atoms with Gasteiger partial charge in [-0.25, -0.2) is 0 Å². The summed E-state index contributed by atoms with van der Waals surface area (Å²) >= 11 is 0. The van der Waals surface area contributed by atoms with Crippen molar-refractivity contribution in [2.24, 2.45) is 0 Å². The fourth-order valence-corrected chi connectivity index (χ4v) is 3.99. The van der Waals surface area contributed by atoms with Crippen molar-refractivity contribution in [1.82, 2.24) is 19.9 Å². The van der Waals surface area contributed by atoms with Gasteiger partial charge in [-0.3, -0.25) is 9.48 Å². The molecule has 0 radical (unpaired) electrons. The van der Waals surface area contributed by atoms with Crippen LogP contribution in [0.4, 0.5) is 0 Å². The van der Waals surface area contributed by atoms with Gasteiger partial charge in [-0.2, -0.15) is 0 Å². The summed E-state index contributed by atoms with van der Waals surface area (Å²) in [4.78, 5) is 14.8. The number of aryl methyl sites for hydroxylation is 2. The van der Waals surface area contributed by atoms with Gasteiger partial charge >= 0.3 is 0 Å². The number of benzene rings is 2. The SMILES string of the molecule is COc1cccc([C@@H]2CCN(C(=O)c3cn(CCc4ccccc4)nn3)C2)c1OC. The number of rotatable bonds is 7. The summed E-state index contributed by atoms with van der Waals surface area (Å²) in [6.07, 6.45) is 3.46. The van der Waals surface area contributed by atoms with Gasteiger partial charge in [0.05, 0.1) is 20.4 Å². The monoisotopic (exact) mass is 406 g/mol. The van der Waals surface area contributed by atoms with E-state index in [1.807, 2.05) is 41.3 Å². The van der Waals surface area contributed by atoms with Gasteiger partial charge in [-0.05, 0) is 24.5 Å². The highest BCUT2D eigenvalue weighted by molar-refractivity contribution is 5.92. The van der Waals surface area contributed by atoms with Gasteiger partial charge in [0.25, 0.3) is 5.91 Å². The first kappa shape index (κ1) is 19.9. The average Bonchev–Trinajstić information content (AvgIpc) is 3.47. The molecule has 1 aliphatic rings. The molecule has 1 amide bonds. The fraction of sp³-hybridized carbons (Fsp3) is 0.348. The molecule has 7 nitrogen and oxygen atoms in total. The summed E-state index contributed by atoms with van der Waals surface area (Å²) in [6.45, 7) is 1.99. The predicted molar refractivity (Wildman–Crippen MR) is 113 cm³/mol. The van der Waals surface area contributed by atoms with Crippen LogP contribution in [-0.2, 0) is 13.0 Å². The largest absolute Gasteiger partial charge is 0.493 e. The Bertz CT molecular complexity index is 1000. The van der Waals surface area contributed by atoms with E-state index in [0.717, 1.165) is 24.2 Å². The number of para-hydroxylation sites is 1. The Kier molecular flexibility index (Phi) is 5.97. The number of hydrogen-bond donors (Lipinski definition) is 0. The van der Waals surface area contributed by atoms with Crippen LogP contribution in [-0.4, -0.2) is 53.1 Å². The molecule has 7 heteroatoms. The summed E-state index contributed by atoms with van der Waals surface area (Å²) in [6, 6.07) is 16.1. The van der Waals surface area contributed by atoms with E-state index in [4.69, 9.17) is 9.47 Å². The van der Waals surface area contributed by atoms with Crippen LogP contribution in [0.15, 0.2) is 54.7 Å². The predicted octanol–water partition coefficient (Wildman–Crippen LogP) is 3.17. The Morgan fingerprint density at radius 1 is 1.10 bits per heavy atom. The van der Waals surface area contributed by atoms with Crippen LogP contribution in [0.25, 0.3) is 0 Å². The summed E-state index contributed by atoms with van der Waals surface area (Å²) in [5.41, 5.74) is 2.69. The molecular formula is C23H26N4O3. The Morgan fingerprint density at radius 2 is 1.93 bits per heavy atom. The maximum absolute atomic E-state index is 12.9. The van der Waals surface area contributed by atoms with Crippen molar-refractivity contribution in [3.05, 3.63) is 71.5 Å². The molecular weight excluding hydrogens is 380 g/mol. The summed E-state index contributed by atoms with van der Waals surface area (Å²) < 4.78 is 12.7. The summed E-state index contributed by atoms with van der Waals surface area (Å²) in [5, 5.41) is 8.24. The number of hydrogen-bond acceptors (Lipinski definition) is 5. The lowest BCUT2D eigenvalue weighted by molar-refractivity contribution is 0.0784. The van der Waals surface area contributed by atoms with Crippen LogP contribution in [0.1, 0.15) is 34.0 Å². The third-order valence-corrected chi connectivity index (χ3v) is 5.58. The standard InChI is InChI=1S/C23H26N4O3/c1-29-21-10-6-9-19(22(21)30-2)18-12-13-26(15-18)23(28)20-16-27(25-24-20)14-11-17-7-4-3-5-8-17/h3-10,16,18H,11-15H2,1-2H3/t18-/m1/s1. The highest BCUT2D eigenvalue weighted by Crippen LogP contribution is 2.39. The van der Waals surface area contributed by atoms with Crippen molar-refractivity contribution in [2.75, 3.05) is 27.3 Å². The first-order chi connectivity index (χ1) is 14.7. The molecule has 3 aromatic rings. The van der Waals surface area contributed by atoms with Gasteiger partial charge in [0, 0.05) is 31.1 Å². The minimum absolute atomic E-state index is 0.0784. The van der Waals surface area contributed by atoms with E-state index in [0.29, 0.717) is 31.1 Å². The van der Waals surface area contributed by atoms with Crippen molar-refractivity contribution in [3.63, 3.8) is 0 Å². The normalized spacial score (nSPS) is 15.9. The Labute approximate surface area is 176 Å². The third-order valence-electron chi connectivity index (χ3n) is 5.58. The lowest BCUT2D eigenvalue weighted by atomic mass is 9.97. The molecule has 0 N–H and O–H groups in total. The van der Waals surface area contributed by atoms with Crippen LogP contribution >= 0.6 is 0 Å². The number of amides is 1. The van der Waals surface area contributed by atoms with Crippen LogP contribution in [0.3, 0.4) is 0 Å². The smallest absolute Gasteiger partial charge is 0.276 e. The van der Waals surface area contributed by atoms with E-state index >= 15 is 0 Å². The molecule has 1 aromatic heterocycles. The summed E-state index contributed by atoms with van der Waals surface area (Å²) in [5.74, 6) is 1.57. The lowest BCUT2D eigenvalue weighted by Gasteiger charge is -2.18. The van der Waals surface area contributed by atoms with E-state index in [-0.39, 0.29) is 11.8 Å². The van der Waals surface area contributed by atoms with E-state index in [1.165, 1.54) is 5.56 Å². The molecule has 156 valence electrons. The van der Waals surface area contributed by atoms with E-state index in [2.05, 4.69) is 22.4 Å². The molecule has 2 aromatic carbocycles. The maximum atomic E-state index is 12.9. The van der Waals surface area contributed by atoms with E-state index in [9.17, 15) is 4.79 Å². The van der Waals surface area contributed by atoms with Crippen LogP contribution in [0.2, 0.25) is 0 Å². The molecule has 1 aliphatic heterocycles. The number of carbonyl (C=O) groups is 1. The van der Waals surface area contributed by atoms with Gasteiger partial charge in [0.1, 0.15) is 0 Å². The lowest BCUT2D eigenvalue weighted by Crippen LogP contribution is -2.28. The highest BCUT2D eigenvalue weighted by Gasteiger charge is 2.31. The third kappa shape index (κ3) is 4.15. The molecule has 0 aliphatic carbocycles. The molecule has 1 atom stereocenters. The average molecular weight is 406 g/mol. The van der Waals surface area contributed by atoms with Crippen LogP contribution < -0.4 is 9.47 Å². The van der Waals surface area contributed by atoms with Crippen molar-refractivity contribution in [3.8, 4) is 11.5 Å². The first-order valence-corrected chi connectivity index (χ1v) is 10.1. The molecule has 30 heavy (non-hydrogen) atoms. The second-order valence-electron chi connectivity index (χ2n) is 7.42. The number of carbonyl (C=O) groups excluding carboxylic acids is 1. The van der Waals surface area contributed by atoms with Crippen LogP contribution in [0.5, 0.6) is 11.5 Å². The molecule has 2 heterocycles. The number of ether oxygens (including phenoxy) is 2. The molecule has 1 fully saturated rings. The van der Waals surface area contributed by atoms with Crippen molar-refractivity contribution < 1.29 is 14.3 Å². The minimum Gasteiger partial charge on any atom is -0.493 e. The Balaban J connectivity index is 1.40. The number of aromatic nitrogens is 3. The van der Waals surface area contributed by atoms with E-state index in [1.54, 1.807) is 25.1 Å². The van der Waals surface area contributed by atoms with Gasteiger partial charge in [0.2, 0.25) is 0 Å². The maximum Gasteiger partial charge on any atom is 0.276 e. The molecule has 0 saturated carbocycles. The zero-order valence-corrected chi connectivity index (χ0v) is 17.3. The van der Waals surface area contributed by atoms with Crippen molar-refractivity contribution >= 4 is 5.91 Å². The van der Waals surface area contributed by atoms with Gasteiger partial charge in [-0.15, -0.1) is 5.10 Å². The van der Waals surface area contributed by atoms with Gasteiger partial charge in [-0.1, -0.05) is 47.7 Å². The molecule has 4 rings (SSSR count). The number of likely N-dealkylation sites (tertiary alicyclic amines) is 1. The minimum atomic E-state index is -0.0784. The quantitative estimate of drug-likeness (QED) is 0.603. The zero-order chi connectivity index (χ0) is 20.9. The second kappa shape index (κ2) is 8.98. The van der Waals surface area contributed by atoms with Crippen molar-refractivity contribution in [2.45, 2.75) is 25.3 Å². The van der Waals surface area contributed by atoms with E-state index < -0.39 is 0 Å². The molecule has 0 spiro atoms. The zero-order valence-electron chi connectivity index (χ0n) is 17.3. The summed E-state index contributed by atoms with van der Waals surface area (Å²) in [7, 11) is 3.28.